The number of rotatable bonds is 0. The zero-order chi connectivity index (χ0) is 13.5. The molecule has 0 saturated carbocycles. The predicted molar refractivity (Wildman–Crippen MR) is 78.5 cm³/mol. The van der Waals surface area contributed by atoms with Crippen LogP contribution in [0.1, 0.15) is 41.5 Å². The average Bonchev–Trinajstić information content (AvgIpc) is 2.36. The third kappa shape index (κ3) is 4.49. The largest absolute Gasteiger partial charge is 0.0872 e. The molecule has 0 N–H and O–H groups in total. The van der Waals surface area contributed by atoms with Crippen molar-refractivity contribution in [2.75, 3.05) is 0 Å². The van der Waals surface area contributed by atoms with E-state index in [1.807, 2.05) is 41.5 Å². The van der Waals surface area contributed by atoms with Crippen LogP contribution in [0.2, 0.25) is 0 Å². The van der Waals surface area contributed by atoms with Crippen molar-refractivity contribution in [2.45, 2.75) is 41.5 Å². The molecule has 16 heavy (non-hydrogen) atoms. The van der Waals surface area contributed by atoms with Crippen molar-refractivity contribution in [1.29, 1.82) is 0 Å². The second-order valence-electron chi connectivity index (χ2n) is 2.90. The molecule has 0 bridgehead atoms. The molecular weight excluding hydrogens is 286 g/mol. The molecule has 2 unspecified atom stereocenters. The number of halogens is 4. The first-order valence-electron chi connectivity index (χ1n) is 5.57. The summed E-state index contributed by atoms with van der Waals surface area (Å²) in [5, 5.41) is 1.96. The number of allylic oxidation sites excluding steroid dienone is 4. The van der Waals surface area contributed by atoms with Gasteiger partial charge in [-0.3, -0.25) is 0 Å². The Balaban J connectivity index is 0. The van der Waals surface area contributed by atoms with Gasteiger partial charge in [-0.15, -0.1) is 0 Å². The first-order valence-corrected chi connectivity index (χ1v) is 7.08. The molecule has 1 aliphatic carbocycles. The minimum atomic E-state index is 0.147. The molecule has 0 nitrogen and oxygen atoms in total. The molecule has 2 atom stereocenters. The van der Waals surface area contributed by atoms with Gasteiger partial charge in [0.05, 0.1) is 10.1 Å². The first kappa shape index (κ1) is 19.0. The maximum atomic E-state index is 5.94. The lowest BCUT2D eigenvalue weighted by Crippen LogP contribution is -2.14. The van der Waals surface area contributed by atoms with Crippen molar-refractivity contribution >= 4 is 46.4 Å². The standard InChI is InChI=1S/C8H8Cl4.2C2H6/c1-3-4(2)6(10)8(12)7(11)5(3)9;2*1-2/h3-4H,1-2H3;2*1-2H3. The quantitative estimate of drug-likeness (QED) is 0.467. The van der Waals surface area contributed by atoms with Crippen LogP contribution < -0.4 is 0 Å². The van der Waals surface area contributed by atoms with Gasteiger partial charge in [0.2, 0.25) is 0 Å². The van der Waals surface area contributed by atoms with E-state index in [2.05, 4.69) is 0 Å². The molecule has 0 amide bonds. The first-order chi connectivity index (χ1) is 7.46. The third-order valence-electron chi connectivity index (χ3n) is 2.16. The zero-order valence-corrected chi connectivity index (χ0v) is 13.7. The minimum Gasteiger partial charge on any atom is -0.0872 e. The normalized spacial score (nSPS) is 24.4. The van der Waals surface area contributed by atoms with E-state index in [-0.39, 0.29) is 11.8 Å². The van der Waals surface area contributed by atoms with Crippen LogP contribution in [0.15, 0.2) is 20.1 Å². The summed E-state index contributed by atoms with van der Waals surface area (Å²) in [5.41, 5.74) is 0. The molecule has 0 aromatic carbocycles. The molecule has 0 radical (unpaired) electrons. The maximum Gasteiger partial charge on any atom is 0.0752 e. The predicted octanol–water partition coefficient (Wildman–Crippen LogP) is 6.70. The summed E-state index contributed by atoms with van der Waals surface area (Å²) in [6, 6.07) is 0. The summed E-state index contributed by atoms with van der Waals surface area (Å²) in [4.78, 5) is 0. The summed E-state index contributed by atoms with van der Waals surface area (Å²) in [6.45, 7) is 11.9. The Kier molecular flexibility index (Phi) is 11.5. The SMILES string of the molecule is CC.CC.CC1C(Cl)=C(Cl)C(Cl)=C(Cl)C1C. The van der Waals surface area contributed by atoms with Gasteiger partial charge in [-0.2, -0.15) is 0 Å². The second kappa shape index (κ2) is 9.65. The Morgan fingerprint density at radius 1 is 0.625 bits per heavy atom. The van der Waals surface area contributed by atoms with Crippen LogP contribution in [0.4, 0.5) is 0 Å². The Morgan fingerprint density at radius 3 is 1.00 bits per heavy atom. The van der Waals surface area contributed by atoms with Gasteiger partial charge in [0.15, 0.2) is 0 Å². The lowest BCUT2D eigenvalue weighted by atomic mass is 9.91. The van der Waals surface area contributed by atoms with Crippen LogP contribution in [0, 0.1) is 11.8 Å². The van der Waals surface area contributed by atoms with E-state index >= 15 is 0 Å². The smallest absolute Gasteiger partial charge is 0.0752 e. The molecule has 0 spiro atoms. The lowest BCUT2D eigenvalue weighted by molar-refractivity contribution is 0.530. The van der Waals surface area contributed by atoms with E-state index in [4.69, 9.17) is 46.4 Å². The fourth-order valence-electron chi connectivity index (χ4n) is 1.05. The van der Waals surface area contributed by atoms with Gasteiger partial charge in [-0.25, -0.2) is 0 Å². The maximum absolute atomic E-state index is 5.94. The molecule has 0 heterocycles. The number of hydrogen-bond donors (Lipinski definition) is 0. The topological polar surface area (TPSA) is 0 Å². The highest BCUT2D eigenvalue weighted by Gasteiger charge is 2.29. The van der Waals surface area contributed by atoms with Crippen molar-refractivity contribution in [2.24, 2.45) is 11.8 Å². The Bertz CT molecular complexity index is 238. The summed E-state index contributed by atoms with van der Waals surface area (Å²) in [7, 11) is 0. The van der Waals surface area contributed by atoms with E-state index in [9.17, 15) is 0 Å². The van der Waals surface area contributed by atoms with Crippen molar-refractivity contribution in [3.8, 4) is 0 Å². The van der Waals surface area contributed by atoms with Crippen LogP contribution in [0.5, 0.6) is 0 Å². The highest BCUT2D eigenvalue weighted by molar-refractivity contribution is 6.51. The van der Waals surface area contributed by atoms with Crippen LogP contribution in [-0.2, 0) is 0 Å². The molecule has 4 heteroatoms. The Labute approximate surface area is 120 Å². The van der Waals surface area contributed by atoms with Crippen LogP contribution in [-0.4, -0.2) is 0 Å². The molecule has 0 aliphatic heterocycles. The molecule has 0 saturated heterocycles. The van der Waals surface area contributed by atoms with Crippen LogP contribution >= 0.6 is 46.4 Å². The van der Waals surface area contributed by atoms with Crippen molar-refractivity contribution in [3.63, 3.8) is 0 Å². The fraction of sp³-hybridized carbons (Fsp3) is 0.667. The molecular formula is C12H20Cl4. The van der Waals surface area contributed by atoms with Gasteiger partial charge in [0.1, 0.15) is 0 Å². The summed E-state index contributed by atoms with van der Waals surface area (Å²) in [5.74, 6) is 0.295. The highest BCUT2D eigenvalue weighted by atomic mass is 35.5. The Morgan fingerprint density at radius 2 is 0.812 bits per heavy atom. The molecule has 0 fully saturated rings. The van der Waals surface area contributed by atoms with Gasteiger partial charge in [-0.1, -0.05) is 87.9 Å². The van der Waals surface area contributed by atoms with Crippen molar-refractivity contribution in [1.82, 2.24) is 0 Å². The van der Waals surface area contributed by atoms with Gasteiger partial charge in [-0.05, 0) is 0 Å². The molecule has 0 aromatic rings. The summed E-state index contributed by atoms with van der Waals surface area (Å²) >= 11 is 23.6. The van der Waals surface area contributed by atoms with Crippen LogP contribution in [0.3, 0.4) is 0 Å². The van der Waals surface area contributed by atoms with E-state index in [0.717, 1.165) is 0 Å². The average molecular weight is 306 g/mol. The fourth-order valence-corrected chi connectivity index (χ4v) is 2.26. The molecule has 1 aliphatic rings. The van der Waals surface area contributed by atoms with Crippen molar-refractivity contribution < 1.29 is 0 Å². The summed E-state index contributed by atoms with van der Waals surface area (Å²) in [6.07, 6.45) is 0. The molecule has 96 valence electrons. The monoisotopic (exact) mass is 304 g/mol. The summed E-state index contributed by atoms with van der Waals surface area (Å²) < 4.78 is 0. The minimum absolute atomic E-state index is 0.147. The van der Waals surface area contributed by atoms with Gasteiger partial charge >= 0.3 is 0 Å². The Hall–Kier alpha value is 0.640. The van der Waals surface area contributed by atoms with E-state index in [1.165, 1.54) is 0 Å². The third-order valence-corrected chi connectivity index (χ3v) is 4.30. The second-order valence-corrected chi connectivity index (χ2v) is 4.47. The van der Waals surface area contributed by atoms with E-state index in [0.29, 0.717) is 20.1 Å². The van der Waals surface area contributed by atoms with Crippen LogP contribution in [0.25, 0.3) is 0 Å². The lowest BCUT2D eigenvalue weighted by Gasteiger charge is -2.25. The van der Waals surface area contributed by atoms with Crippen molar-refractivity contribution in [3.05, 3.63) is 20.1 Å². The highest BCUT2D eigenvalue weighted by Crippen LogP contribution is 2.44. The molecule has 0 aromatic heterocycles. The number of hydrogen-bond acceptors (Lipinski definition) is 0. The van der Waals surface area contributed by atoms with Gasteiger partial charge in [0.25, 0.3) is 0 Å². The van der Waals surface area contributed by atoms with Gasteiger partial charge < -0.3 is 0 Å². The van der Waals surface area contributed by atoms with E-state index in [1.54, 1.807) is 0 Å². The zero-order valence-electron chi connectivity index (χ0n) is 10.7. The van der Waals surface area contributed by atoms with Gasteiger partial charge in [0, 0.05) is 21.9 Å². The van der Waals surface area contributed by atoms with E-state index < -0.39 is 0 Å². The molecule has 1 rings (SSSR count).